The van der Waals surface area contributed by atoms with Gasteiger partial charge >= 0.3 is 12.3 Å². The van der Waals surface area contributed by atoms with Gasteiger partial charge in [0.25, 0.3) is 0 Å². The Labute approximate surface area is 159 Å². The summed E-state index contributed by atoms with van der Waals surface area (Å²) in [6.45, 7) is -3.07. The molecule has 1 aliphatic rings. The van der Waals surface area contributed by atoms with Crippen LogP contribution in [0.4, 0.5) is 8.78 Å². The fraction of sp³-hybridized carbons (Fsp3) is 0.316. The first-order chi connectivity index (χ1) is 13.5. The normalized spacial score (nSPS) is 13.7. The van der Waals surface area contributed by atoms with Crippen LogP contribution >= 0.6 is 0 Å². The van der Waals surface area contributed by atoms with E-state index >= 15 is 0 Å². The van der Waals surface area contributed by atoms with Crippen molar-refractivity contribution in [2.24, 2.45) is 7.05 Å². The molecule has 0 unspecified atom stereocenters. The van der Waals surface area contributed by atoms with Gasteiger partial charge in [0.15, 0.2) is 0 Å². The minimum absolute atomic E-state index is 0.0645. The molecule has 4 rings (SSSR count). The van der Waals surface area contributed by atoms with Gasteiger partial charge in [0.05, 0.1) is 11.3 Å². The standard InChI is InChI=1S/C19H18F2N4O3/c1-24-19(26)25(23-22-24)15-6-4-8-17(28-18(20)21)14(15)11-27-16-7-3-2-5-13(16)12-9-10-12/h2-8,12,18H,9-11H2,1H3. The van der Waals surface area contributed by atoms with E-state index in [4.69, 9.17) is 4.74 Å². The van der Waals surface area contributed by atoms with Crippen LogP contribution in [-0.2, 0) is 13.7 Å². The van der Waals surface area contributed by atoms with Crippen LogP contribution < -0.4 is 15.2 Å². The molecular formula is C19H18F2N4O3. The fourth-order valence-corrected chi connectivity index (χ4v) is 3.06. The SMILES string of the molecule is Cn1nnn(-c2cccc(OC(F)F)c2COc2ccccc2C2CC2)c1=O. The number of rotatable bonds is 7. The highest BCUT2D eigenvalue weighted by atomic mass is 19.3. The van der Waals surface area contributed by atoms with E-state index < -0.39 is 12.3 Å². The molecule has 2 aromatic carbocycles. The van der Waals surface area contributed by atoms with Crippen LogP contribution in [-0.4, -0.2) is 26.4 Å². The highest BCUT2D eigenvalue weighted by Gasteiger charge is 2.27. The van der Waals surface area contributed by atoms with Crippen molar-refractivity contribution < 1.29 is 18.3 Å². The predicted molar refractivity (Wildman–Crippen MR) is 96.0 cm³/mol. The number of aryl methyl sites for hydroxylation is 1. The summed E-state index contributed by atoms with van der Waals surface area (Å²) in [5, 5.41) is 7.47. The van der Waals surface area contributed by atoms with Crippen molar-refractivity contribution in [2.45, 2.75) is 32.0 Å². The number of para-hydroxylation sites is 1. The summed E-state index contributed by atoms with van der Waals surface area (Å²) in [5.74, 6) is 1.08. The Morgan fingerprint density at radius 2 is 1.86 bits per heavy atom. The van der Waals surface area contributed by atoms with E-state index in [0.29, 0.717) is 11.7 Å². The molecule has 0 radical (unpaired) electrons. The molecule has 1 aromatic heterocycles. The van der Waals surface area contributed by atoms with E-state index in [1.54, 1.807) is 6.07 Å². The Morgan fingerprint density at radius 3 is 2.54 bits per heavy atom. The molecule has 0 atom stereocenters. The number of halogens is 2. The summed E-state index contributed by atoms with van der Waals surface area (Å²) in [4.78, 5) is 12.3. The summed E-state index contributed by atoms with van der Waals surface area (Å²) in [5.41, 5.74) is 1.15. The number of hydrogen-bond acceptors (Lipinski definition) is 5. The van der Waals surface area contributed by atoms with E-state index in [2.05, 4.69) is 15.2 Å². The fourth-order valence-electron chi connectivity index (χ4n) is 3.06. The summed E-state index contributed by atoms with van der Waals surface area (Å²) in [6, 6.07) is 12.1. The zero-order chi connectivity index (χ0) is 19.7. The van der Waals surface area contributed by atoms with Gasteiger partial charge in [0.1, 0.15) is 18.1 Å². The van der Waals surface area contributed by atoms with Gasteiger partial charge in [-0.1, -0.05) is 24.3 Å². The molecule has 1 saturated carbocycles. The van der Waals surface area contributed by atoms with Gasteiger partial charge in [-0.3, -0.25) is 0 Å². The van der Waals surface area contributed by atoms with Gasteiger partial charge in [-0.15, -0.1) is 0 Å². The topological polar surface area (TPSA) is 71.2 Å². The van der Waals surface area contributed by atoms with E-state index in [9.17, 15) is 13.6 Å². The number of aromatic nitrogens is 4. The van der Waals surface area contributed by atoms with Crippen LogP contribution in [0.2, 0.25) is 0 Å². The monoisotopic (exact) mass is 388 g/mol. The van der Waals surface area contributed by atoms with Gasteiger partial charge in [-0.25, -0.2) is 4.79 Å². The van der Waals surface area contributed by atoms with Crippen molar-refractivity contribution in [1.29, 1.82) is 0 Å². The Kier molecular flexibility index (Phi) is 4.81. The second-order valence-corrected chi connectivity index (χ2v) is 6.53. The average molecular weight is 388 g/mol. The molecule has 1 fully saturated rings. The summed E-state index contributed by atoms with van der Waals surface area (Å²) in [7, 11) is 1.45. The van der Waals surface area contributed by atoms with Gasteiger partial charge < -0.3 is 9.47 Å². The lowest BCUT2D eigenvalue weighted by molar-refractivity contribution is -0.0508. The Morgan fingerprint density at radius 1 is 1.11 bits per heavy atom. The molecule has 0 saturated heterocycles. The largest absolute Gasteiger partial charge is 0.488 e. The number of ether oxygens (including phenoxy) is 2. The van der Waals surface area contributed by atoms with Crippen LogP contribution in [0.1, 0.15) is 29.9 Å². The lowest BCUT2D eigenvalue weighted by Gasteiger charge is -2.16. The van der Waals surface area contributed by atoms with Gasteiger partial charge in [0, 0.05) is 7.05 Å². The van der Waals surface area contributed by atoms with Crippen molar-refractivity contribution in [3.63, 3.8) is 0 Å². The quantitative estimate of drug-likeness (QED) is 0.622. The molecule has 146 valence electrons. The molecule has 1 heterocycles. The summed E-state index contributed by atoms with van der Waals surface area (Å²) in [6.07, 6.45) is 2.21. The summed E-state index contributed by atoms with van der Waals surface area (Å²) < 4.78 is 38.5. The van der Waals surface area contributed by atoms with E-state index in [-0.39, 0.29) is 23.6 Å². The lowest BCUT2D eigenvalue weighted by atomic mass is 10.1. The first-order valence-electron chi connectivity index (χ1n) is 8.82. The third kappa shape index (κ3) is 3.60. The third-order valence-corrected chi connectivity index (χ3v) is 4.58. The second kappa shape index (κ2) is 7.41. The van der Waals surface area contributed by atoms with Crippen molar-refractivity contribution in [3.05, 3.63) is 64.1 Å². The average Bonchev–Trinajstić information content (AvgIpc) is 3.47. The molecule has 9 heteroatoms. The van der Waals surface area contributed by atoms with Crippen LogP contribution in [0.15, 0.2) is 47.3 Å². The first-order valence-corrected chi connectivity index (χ1v) is 8.82. The van der Waals surface area contributed by atoms with Crippen LogP contribution in [0.25, 0.3) is 5.69 Å². The first kappa shape index (κ1) is 18.1. The molecule has 0 amide bonds. The van der Waals surface area contributed by atoms with Crippen LogP contribution in [0.5, 0.6) is 11.5 Å². The molecule has 7 nitrogen and oxygen atoms in total. The van der Waals surface area contributed by atoms with Gasteiger partial charge in [-0.05, 0) is 52.9 Å². The zero-order valence-corrected chi connectivity index (χ0v) is 15.1. The Hall–Kier alpha value is -3.23. The second-order valence-electron chi connectivity index (χ2n) is 6.53. The van der Waals surface area contributed by atoms with Crippen molar-refractivity contribution in [3.8, 4) is 17.2 Å². The predicted octanol–water partition coefficient (Wildman–Crippen LogP) is 3.02. The molecule has 3 aromatic rings. The minimum Gasteiger partial charge on any atom is -0.488 e. The lowest BCUT2D eigenvalue weighted by Crippen LogP contribution is -2.23. The third-order valence-electron chi connectivity index (χ3n) is 4.58. The number of hydrogen-bond donors (Lipinski definition) is 0. The highest BCUT2D eigenvalue weighted by molar-refractivity contribution is 5.49. The Bertz CT molecular complexity index is 1040. The smallest absolute Gasteiger partial charge is 0.387 e. The number of tetrazole rings is 1. The maximum absolute atomic E-state index is 12.9. The molecular weight excluding hydrogens is 370 g/mol. The van der Waals surface area contributed by atoms with E-state index in [1.807, 2.05) is 24.3 Å². The molecule has 0 bridgehead atoms. The Balaban J connectivity index is 1.72. The summed E-state index contributed by atoms with van der Waals surface area (Å²) >= 11 is 0. The van der Waals surface area contributed by atoms with E-state index in [1.165, 1.54) is 19.2 Å². The minimum atomic E-state index is -3.01. The molecule has 0 aliphatic heterocycles. The van der Waals surface area contributed by atoms with Gasteiger partial charge in [-0.2, -0.15) is 18.1 Å². The zero-order valence-electron chi connectivity index (χ0n) is 15.1. The van der Waals surface area contributed by atoms with Crippen LogP contribution in [0, 0.1) is 0 Å². The molecule has 0 N–H and O–H groups in total. The molecule has 28 heavy (non-hydrogen) atoms. The molecule has 0 spiro atoms. The van der Waals surface area contributed by atoms with Crippen LogP contribution in [0.3, 0.4) is 0 Å². The number of alkyl halides is 2. The maximum atomic E-state index is 12.9. The maximum Gasteiger partial charge on any atom is 0.387 e. The van der Waals surface area contributed by atoms with Gasteiger partial charge in [0.2, 0.25) is 0 Å². The number of benzene rings is 2. The van der Waals surface area contributed by atoms with Crippen molar-refractivity contribution >= 4 is 0 Å². The van der Waals surface area contributed by atoms with Crippen molar-refractivity contribution in [2.75, 3.05) is 0 Å². The highest BCUT2D eigenvalue weighted by Crippen LogP contribution is 2.44. The number of nitrogens with zero attached hydrogens (tertiary/aromatic N) is 4. The van der Waals surface area contributed by atoms with Crippen molar-refractivity contribution in [1.82, 2.24) is 19.8 Å². The molecule has 1 aliphatic carbocycles. The van der Waals surface area contributed by atoms with E-state index in [0.717, 1.165) is 27.8 Å².